The molecule has 0 radical (unpaired) electrons. The van der Waals surface area contributed by atoms with E-state index in [1.807, 2.05) is 18.3 Å². The Labute approximate surface area is 99.6 Å². The molecule has 0 spiro atoms. The van der Waals surface area contributed by atoms with Gasteiger partial charge in [-0.05, 0) is 46.8 Å². The zero-order valence-corrected chi connectivity index (χ0v) is 9.30. The first kappa shape index (κ1) is 9.85. The fraction of sp³-hybridized carbons (Fsp3) is 0. The molecule has 0 aliphatic carbocycles. The number of pyridine rings is 1. The second-order valence-corrected chi connectivity index (χ2v) is 3.94. The van der Waals surface area contributed by atoms with Gasteiger partial charge in [0.1, 0.15) is 0 Å². The molecule has 0 aliphatic heterocycles. The molecule has 2 heteroatoms. The van der Waals surface area contributed by atoms with Gasteiger partial charge in [0.15, 0.2) is 0 Å². The van der Waals surface area contributed by atoms with Crippen LogP contribution in [0.3, 0.4) is 0 Å². The molecule has 82 valence electrons. The van der Waals surface area contributed by atoms with Gasteiger partial charge < -0.3 is 4.98 Å². The Balaban J connectivity index is 1.92. The van der Waals surface area contributed by atoms with E-state index >= 15 is 0 Å². The van der Waals surface area contributed by atoms with Crippen molar-refractivity contribution in [1.29, 1.82) is 0 Å². The van der Waals surface area contributed by atoms with Crippen molar-refractivity contribution in [2.24, 2.45) is 0 Å². The van der Waals surface area contributed by atoms with Gasteiger partial charge in [-0.1, -0.05) is 18.2 Å². The highest BCUT2D eigenvalue weighted by Crippen LogP contribution is 2.16. The summed E-state index contributed by atoms with van der Waals surface area (Å²) in [5, 5.41) is 1.24. The van der Waals surface area contributed by atoms with E-state index < -0.39 is 0 Å². The summed E-state index contributed by atoms with van der Waals surface area (Å²) in [7, 11) is 0. The highest BCUT2D eigenvalue weighted by Gasteiger charge is 1.94. The summed E-state index contributed by atoms with van der Waals surface area (Å²) in [5.41, 5.74) is 3.54. The van der Waals surface area contributed by atoms with Crippen LogP contribution in [0.2, 0.25) is 0 Å². The number of nitrogens with zero attached hydrogens (tertiary/aromatic N) is 1. The van der Waals surface area contributed by atoms with E-state index in [4.69, 9.17) is 0 Å². The lowest BCUT2D eigenvalue weighted by Crippen LogP contribution is -1.74. The molecule has 3 rings (SSSR count). The first-order valence-corrected chi connectivity index (χ1v) is 5.57. The lowest BCUT2D eigenvalue weighted by Gasteiger charge is -1.95. The van der Waals surface area contributed by atoms with E-state index in [1.165, 1.54) is 16.5 Å². The van der Waals surface area contributed by atoms with Gasteiger partial charge in [-0.25, -0.2) is 0 Å². The van der Waals surface area contributed by atoms with Crippen molar-refractivity contribution in [3.8, 4) is 0 Å². The van der Waals surface area contributed by atoms with Crippen molar-refractivity contribution in [2.75, 3.05) is 0 Å². The number of rotatable bonds is 2. The summed E-state index contributed by atoms with van der Waals surface area (Å²) in [6.45, 7) is 0. The topological polar surface area (TPSA) is 28.7 Å². The minimum atomic E-state index is 1.16. The average Bonchev–Trinajstić information content (AvgIpc) is 2.85. The van der Waals surface area contributed by atoms with Gasteiger partial charge in [0, 0.05) is 24.1 Å². The summed E-state index contributed by atoms with van der Waals surface area (Å²) in [5.74, 6) is 0. The van der Waals surface area contributed by atoms with Crippen molar-refractivity contribution < 1.29 is 0 Å². The number of hydrogen-bond donors (Lipinski definition) is 1. The minimum Gasteiger partial charge on any atom is -0.361 e. The van der Waals surface area contributed by atoms with Crippen LogP contribution in [0.15, 0.2) is 55.0 Å². The first-order chi connectivity index (χ1) is 8.42. The molecule has 0 unspecified atom stereocenters. The third-order valence-corrected chi connectivity index (χ3v) is 2.75. The monoisotopic (exact) mass is 220 g/mol. The maximum Gasteiger partial charge on any atom is 0.0454 e. The van der Waals surface area contributed by atoms with E-state index in [0.29, 0.717) is 0 Å². The summed E-state index contributed by atoms with van der Waals surface area (Å²) in [6.07, 6.45) is 9.77. The van der Waals surface area contributed by atoms with Crippen LogP contribution in [0.25, 0.3) is 23.1 Å². The van der Waals surface area contributed by atoms with Crippen molar-refractivity contribution >= 4 is 23.1 Å². The van der Waals surface area contributed by atoms with Crippen LogP contribution in [0.1, 0.15) is 11.1 Å². The molecular formula is C15H12N2. The van der Waals surface area contributed by atoms with Gasteiger partial charge in [0.2, 0.25) is 0 Å². The zero-order chi connectivity index (χ0) is 11.5. The lowest BCUT2D eigenvalue weighted by molar-refractivity contribution is 1.32. The van der Waals surface area contributed by atoms with Crippen LogP contribution < -0.4 is 0 Å². The number of aromatic amines is 1. The molecule has 0 aliphatic rings. The lowest BCUT2D eigenvalue weighted by atomic mass is 10.1. The Morgan fingerprint density at radius 2 is 1.71 bits per heavy atom. The predicted molar refractivity (Wildman–Crippen MR) is 71.5 cm³/mol. The molecule has 0 atom stereocenters. The van der Waals surface area contributed by atoms with E-state index in [-0.39, 0.29) is 0 Å². The van der Waals surface area contributed by atoms with Crippen molar-refractivity contribution in [1.82, 2.24) is 9.97 Å². The Bertz CT molecular complexity index is 651. The Kier molecular flexibility index (Phi) is 2.47. The number of aromatic nitrogens is 2. The molecule has 0 fully saturated rings. The summed E-state index contributed by atoms with van der Waals surface area (Å²) >= 11 is 0. The molecule has 2 nitrogen and oxygen atoms in total. The SMILES string of the molecule is C(=C\c1ccc2[nH]ccc2c1)/c1ccncc1. The molecule has 3 aromatic rings. The van der Waals surface area contributed by atoms with Crippen molar-refractivity contribution in [3.63, 3.8) is 0 Å². The zero-order valence-electron chi connectivity index (χ0n) is 9.30. The first-order valence-electron chi connectivity index (χ1n) is 5.57. The van der Waals surface area contributed by atoms with E-state index in [1.54, 1.807) is 12.4 Å². The highest BCUT2D eigenvalue weighted by atomic mass is 14.7. The van der Waals surface area contributed by atoms with Crippen molar-refractivity contribution in [2.45, 2.75) is 0 Å². The Hall–Kier alpha value is -2.35. The van der Waals surface area contributed by atoms with Gasteiger partial charge >= 0.3 is 0 Å². The van der Waals surface area contributed by atoms with Gasteiger partial charge in [-0.3, -0.25) is 4.98 Å². The second-order valence-electron chi connectivity index (χ2n) is 3.94. The number of benzene rings is 1. The van der Waals surface area contributed by atoms with E-state index in [2.05, 4.69) is 46.4 Å². The fourth-order valence-electron chi connectivity index (χ4n) is 1.84. The molecule has 2 heterocycles. The molecule has 0 bridgehead atoms. The standard InChI is InChI=1S/C15H12N2/c1(12-5-8-16-9-6-12)2-13-3-4-15-14(11-13)7-10-17-15/h1-11,17H/b2-1+. The van der Waals surface area contributed by atoms with Crippen LogP contribution >= 0.6 is 0 Å². The summed E-state index contributed by atoms with van der Waals surface area (Å²) in [4.78, 5) is 7.18. The molecule has 0 amide bonds. The maximum absolute atomic E-state index is 4.00. The highest BCUT2D eigenvalue weighted by molar-refractivity contribution is 5.83. The Morgan fingerprint density at radius 3 is 2.59 bits per heavy atom. The number of nitrogens with one attached hydrogen (secondary N) is 1. The summed E-state index contributed by atoms with van der Waals surface area (Å²) < 4.78 is 0. The molecular weight excluding hydrogens is 208 g/mol. The molecule has 0 saturated carbocycles. The third kappa shape index (κ3) is 2.11. The van der Waals surface area contributed by atoms with Crippen molar-refractivity contribution in [3.05, 3.63) is 66.1 Å². The van der Waals surface area contributed by atoms with Gasteiger partial charge in [-0.2, -0.15) is 0 Å². The largest absolute Gasteiger partial charge is 0.361 e. The predicted octanol–water partition coefficient (Wildman–Crippen LogP) is 3.73. The Morgan fingerprint density at radius 1 is 0.882 bits per heavy atom. The number of hydrogen-bond acceptors (Lipinski definition) is 1. The number of H-pyrrole nitrogens is 1. The fourth-order valence-corrected chi connectivity index (χ4v) is 1.84. The normalized spacial score (nSPS) is 11.3. The van der Waals surface area contributed by atoms with Crippen LogP contribution in [0.4, 0.5) is 0 Å². The van der Waals surface area contributed by atoms with Crippen LogP contribution in [0, 0.1) is 0 Å². The van der Waals surface area contributed by atoms with E-state index in [0.717, 1.165) is 5.56 Å². The second kappa shape index (κ2) is 4.26. The van der Waals surface area contributed by atoms with Crippen LogP contribution in [-0.2, 0) is 0 Å². The molecule has 0 saturated heterocycles. The van der Waals surface area contributed by atoms with Gasteiger partial charge in [0.25, 0.3) is 0 Å². The van der Waals surface area contributed by atoms with E-state index in [9.17, 15) is 0 Å². The quantitative estimate of drug-likeness (QED) is 0.700. The van der Waals surface area contributed by atoms with Crippen LogP contribution in [0.5, 0.6) is 0 Å². The smallest absolute Gasteiger partial charge is 0.0454 e. The average molecular weight is 220 g/mol. The van der Waals surface area contributed by atoms with Crippen LogP contribution in [-0.4, -0.2) is 9.97 Å². The minimum absolute atomic E-state index is 1.16. The summed E-state index contributed by atoms with van der Waals surface area (Å²) in [6, 6.07) is 12.4. The third-order valence-electron chi connectivity index (χ3n) is 2.75. The maximum atomic E-state index is 4.00. The molecule has 2 aromatic heterocycles. The van der Waals surface area contributed by atoms with Gasteiger partial charge in [0.05, 0.1) is 0 Å². The van der Waals surface area contributed by atoms with Gasteiger partial charge in [-0.15, -0.1) is 0 Å². The molecule has 1 N–H and O–H groups in total. The molecule has 1 aromatic carbocycles. The molecule has 17 heavy (non-hydrogen) atoms. The number of fused-ring (bicyclic) bond motifs is 1.